The lowest BCUT2D eigenvalue weighted by molar-refractivity contribution is -0.120. The number of rotatable bonds is 7. The summed E-state index contributed by atoms with van der Waals surface area (Å²) in [4.78, 5) is 11.6. The van der Waals surface area contributed by atoms with Crippen LogP contribution in [0.15, 0.2) is 24.3 Å². The molecule has 2 N–H and O–H groups in total. The summed E-state index contributed by atoms with van der Waals surface area (Å²) in [5, 5.41) is 6.15. The summed E-state index contributed by atoms with van der Waals surface area (Å²) in [5.41, 5.74) is 2.28. The molecule has 0 aliphatic rings. The molecule has 3 heteroatoms. The quantitative estimate of drug-likeness (QED) is 0.704. The van der Waals surface area contributed by atoms with E-state index in [4.69, 9.17) is 0 Å². The molecule has 0 saturated carbocycles. The standard InChI is InChI=1S/C14H22N2O/c1-3-8-15-9-10-16-14(17)11-13-6-4-12(2)5-7-13/h4-7,15H,3,8-11H2,1-2H3,(H,16,17). The summed E-state index contributed by atoms with van der Waals surface area (Å²) in [6.45, 7) is 6.72. The number of hydrogen-bond acceptors (Lipinski definition) is 2. The van der Waals surface area contributed by atoms with Crippen LogP contribution in [0.3, 0.4) is 0 Å². The van der Waals surface area contributed by atoms with Crippen molar-refractivity contribution in [2.24, 2.45) is 0 Å². The Morgan fingerprint density at radius 2 is 1.82 bits per heavy atom. The van der Waals surface area contributed by atoms with Crippen molar-refractivity contribution >= 4 is 5.91 Å². The molecule has 0 radical (unpaired) electrons. The molecule has 94 valence electrons. The second kappa shape index (κ2) is 7.85. The average molecular weight is 234 g/mol. The van der Waals surface area contributed by atoms with Gasteiger partial charge in [0.05, 0.1) is 6.42 Å². The van der Waals surface area contributed by atoms with E-state index in [0.29, 0.717) is 13.0 Å². The van der Waals surface area contributed by atoms with Crippen LogP contribution in [0.25, 0.3) is 0 Å². The molecule has 1 aromatic rings. The van der Waals surface area contributed by atoms with E-state index in [-0.39, 0.29) is 5.91 Å². The minimum absolute atomic E-state index is 0.0900. The van der Waals surface area contributed by atoms with Gasteiger partial charge in [-0.3, -0.25) is 4.79 Å². The second-order valence-electron chi connectivity index (χ2n) is 4.26. The van der Waals surface area contributed by atoms with Gasteiger partial charge in [-0.15, -0.1) is 0 Å². The molecule has 17 heavy (non-hydrogen) atoms. The lowest BCUT2D eigenvalue weighted by atomic mass is 10.1. The van der Waals surface area contributed by atoms with Gasteiger partial charge in [0.2, 0.25) is 5.91 Å². The fourth-order valence-corrected chi connectivity index (χ4v) is 1.55. The van der Waals surface area contributed by atoms with Crippen LogP contribution in [-0.4, -0.2) is 25.5 Å². The molecule has 0 aliphatic carbocycles. The van der Waals surface area contributed by atoms with Gasteiger partial charge in [0, 0.05) is 13.1 Å². The van der Waals surface area contributed by atoms with E-state index < -0.39 is 0 Å². The molecule has 0 heterocycles. The Labute approximate surface area is 104 Å². The van der Waals surface area contributed by atoms with Gasteiger partial charge in [-0.25, -0.2) is 0 Å². The second-order valence-corrected chi connectivity index (χ2v) is 4.26. The Kier molecular flexibility index (Phi) is 6.33. The van der Waals surface area contributed by atoms with Gasteiger partial charge < -0.3 is 10.6 Å². The maximum absolute atomic E-state index is 11.6. The summed E-state index contributed by atoms with van der Waals surface area (Å²) in [6, 6.07) is 8.07. The zero-order chi connectivity index (χ0) is 12.5. The number of carbonyl (C=O) groups is 1. The highest BCUT2D eigenvalue weighted by molar-refractivity contribution is 5.78. The number of aryl methyl sites for hydroxylation is 1. The van der Waals surface area contributed by atoms with Crippen LogP contribution in [0.1, 0.15) is 24.5 Å². The molecule has 1 rings (SSSR count). The molecule has 3 nitrogen and oxygen atoms in total. The van der Waals surface area contributed by atoms with Crippen molar-refractivity contribution in [3.8, 4) is 0 Å². The van der Waals surface area contributed by atoms with E-state index in [1.807, 2.05) is 31.2 Å². The molecule has 0 spiro atoms. The maximum Gasteiger partial charge on any atom is 0.224 e. The molecule has 0 bridgehead atoms. The third kappa shape index (κ3) is 6.07. The summed E-state index contributed by atoms with van der Waals surface area (Å²) >= 11 is 0. The monoisotopic (exact) mass is 234 g/mol. The highest BCUT2D eigenvalue weighted by Gasteiger charge is 2.01. The van der Waals surface area contributed by atoms with Crippen LogP contribution in [0, 0.1) is 6.92 Å². The Hall–Kier alpha value is -1.35. The zero-order valence-corrected chi connectivity index (χ0v) is 10.8. The average Bonchev–Trinajstić information content (AvgIpc) is 2.32. The van der Waals surface area contributed by atoms with Gasteiger partial charge in [-0.2, -0.15) is 0 Å². The fourth-order valence-electron chi connectivity index (χ4n) is 1.55. The molecule has 1 aromatic carbocycles. The Balaban J connectivity index is 2.18. The van der Waals surface area contributed by atoms with Gasteiger partial charge in [0.1, 0.15) is 0 Å². The predicted octanol–water partition coefficient (Wildman–Crippen LogP) is 1.65. The molecule has 0 unspecified atom stereocenters. The minimum Gasteiger partial charge on any atom is -0.355 e. The molecule has 0 saturated heterocycles. The molecule has 0 aromatic heterocycles. The van der Waals surface area contributed by atoms with Crippen molar-refractivity contribution in [2.45, 2.75) is 26.7 Å². The Morgan fingerprint density at radius 1 is 1.12 bits per heavy atom. The van der Waals surface area contributed by atoms with Crippen molar-refractivity contribution in [1.82, 2.24) is 10.6 Å². The van der Waals surface area contributed by atoms with Crippen LogP contribution < -0.4 is 10.6 Å². The van der Waals surface area contributed by atoms with E-state index in [2.05, 4.69) is 17.6 Å². The van der Waals surface area contributed by atoms with Crippen molar-refractivity contribution in [2.75, 3.05) is 19.6 Å². The third-order valence-corrected chi connectivity index (χ3v) is 2.54. The van der Waals surface area contributed by atoms with Crippen LogP contribution in [-0.2, 0) is 11.2 Å². The Bertz CT molecular complexity index is 333. The number of hydrogen-bond donors (Lipinski definition) is 2. The van der Waals surface area contributed by atoms with Gasteiger partial charge in [0.25, 0.3) is 0 Å². The van der Waals surface area contributed by atoms with E-state index in [1.54, 1.807) is 0 Å². The van der Waals surface area contributed by atoms with Gasteiger partial charge in [-0.1, -0.05) is 36.8 Å². The number of benzene rings is 1. The smallest absolute Gasteiger partial charge is 0.224 e. The van der Waals surface area contributed by atoms with Gasteiger partial charge in [0.15, 0.2) is 0 Å². The van der Waals surface area contributed by atoms with Crippen molar-refractivity contribution in [1.29, 1.82) is 0 Å². The summed E-state index contributed by atoms with van der Waals surface area (Å²) < 4.78 is 0. The van der Waals surface area contributed by atoms with Gasteiger partial charge >= 0.3 is 0 Å². The SMILES string of the molecule is CCCNCCNC(=O)Cc1ccc(C)cc1. The highest BCUT2D eigenvalue weighted by Crippen LogP contribution is 2.03. The third-order valence-electron chi connectivity index (χ3n) is 2.54. The number of nitrogens with one attached hydrogen (secondary N) is 2. The van der Waals surface area contributed by atoms with Crippen LogP contribution in [0.2, 0.25) is 0 Å². The van der Waals surface area contributed by atoms with Crippen molar-refractivity contribution in [3.05, 3.63) is 35.4 Å². The first-order chi connectivity index (χ1) is 8.22. The number of carbonyl (C=O) groups excluding carboxylic acids is 1. The van der Waals surface area contributed by atoms with Crippen LogP contribution >= 0.6 is 0 Å². The Morgan fingerprint density at radius 3 is 2.47 bits per heavy atom. The van der Waals surface area contributed by atoms with E-state index in [1.165, 1.54) is 5.56 Å². The lowest BCUT2D eigenvalue weighted by Gasteiger charge is -2.06. The maximum atomic E-state index is 11.6. The topological polar surface area (TPSA) is 41.1 Å². The largest absolute Gasteiger partial charge is 0.355 e. The molecule has 0 atom stereocenters. The first-order valence-corrected chi connectivity index (χ1v) is 6.25. The van der Waals surface area contributed by atoms with E-state index in [9.17, 15) is 4.79 Å². The van der Waals surface area contributed by atoms with Crippen LogP contribution in [0.5, 0.6) is 0 Å². The fraction of sp³-hybridized carbons (Fsp3) is 0.500. The molecular weight excluding hydrogens is 212 g/mol. The predicted molar refractivity (Wildman–Crippen MR) is 71.1 cm³/mol. The molecule has 1 amide bonds. The minimum atomic E-state index is 0.0900. The molecule has 0 fully saturated rings. The lowest BCUT2D eigenvalue weighted by Crippen LogP contribution is -2.32. The van der Waals surface area contributed by atoms with Crippen molar-refractivity contribution < 1.29 is 4.79 Å². The summed E-state index contributed by atoms with van der Waals surface area (Å²) in [7, 11) is 0. The van der Waals surface area contributed by atoms with Crippen LogP contribution in [0.4, 0.5) is 0 Å². The normalized spacial score (nSPS) is 10.2. The zero-order valence-electron chi connectivity index (χ0n) is 10.8. The molecular formula is C14H22N2O. The van der Waals surface area contributed by atoms with E-state index >= 15 is 0 Å². The first-order valence-electron chi connectivity index (χ1n) is 6.25. The summed E-state index contributed by atoms with van der Waals surface area (Å²) in [5.74, 6) is 0.0900. The first kappa shape index (κ1) is 13.7. The molecule has 0 aliphatic heterocycles. The van der Waals surface area contributed by atoms with Crippen molar-refractivity contribution in [3.63, 3.8) is 0 Å². The van der Waals surface area contributed by atoms with E-state index in [0.717, 1.165) is 25.1 Å². The summed E-state index contributed by atoms with van der Waals surface area (Å²) in [6.07, 6.45) is 1.59. The highest BCUT2D eigenvalue weighted by atomic mass is 16.1. The van der Waals surface area contributed by atoms with Gasteiger partial charge in [-0.05, 0) is 25.5 Å². The number of amides is 1.